The van der Waals surface area contributed by atoms with Gasteiger partial charge < -0.3 is 5.48 Å². The number of aromatic nitrogens is 2. The third kappa shape index (κ3) is 2.60. The van der Waals surface area contributed by atoms with Gasteiger partial charge in [-0.15, -0.1) is 0 Å². The highest BCUT2D eigenvalue weighted by Crippen LogP contribution is 2.14. The van der Waals surface area contributed by atoms with Gasteiger partial charge in [0, 0.05) is 24.3 Å². The fourth-order valence-electron chi connectivity index (χ4n) is 1.39. The summed E-state index contributed by atoms with van der Waals surface area (Å²) < 4.78 is 4.07. The summed E-state index contributed by atoms with van der Waals surface area (Å²) in [5, 5.41) is 0. The van der Waals surface area contributed by atoms with Crippen molar-refractivity contribution in [3.05, 3.63) is 49.1 Å². The minimum Gasteiger partial charge on any atom is -0.412 e. The standard InChI is InChI=1S/C12H14N2.H2O/c1-13-7-3-11(4-8-13)12-5-9-14(2)10-6-12;/h3-10H,1-2H3;1H2/q+2;. The van der Waals surface area contributed by atoms with Gasteiger partial charge in [-0.25, -0.2) is 9.13 Å². The lowest BCUT2D eigenvalue weighted by Crippen LogP contribution is -2.26. The average Bonchev–Trinajstić information content (AvgIpc) is 2.21. The summed E-state index contributed by atoms with van der Waals surface area (Å²) in [6.07, 6.45) is 8.23. The Labute approximate surface area is 89.6 Å². The lowest BCUT2D eigenvalue weighted by molar-refractivity contribution is -0.671. The SMILES string of the molecule is C[n+]1ccc(-c2cc[n+](C)cc2)cc1.O. The Balaban J connectivity index is 0.00000112. The fourth-order valence-corrected chi connectivity index (χ4v) is 1.39. The molecule has 2 aromatic rings. The quantitative estimate of drug-likeness (QED) is 0.594. The van der Waals surface area contributed by atoms with Crippen molar-refractivity contribution in [3.8, 4) is 11.1 Å². The summed E-state index contributed by atoms with van der Waals surface area (Å²) in [4.78, 5) is 0. The molecule has 78 valence electrons. The van der Waals surface area contributed by atoms with Crippen molar-refractivity contribution >= 4 is 0 Å². The minimum absolute atomic E-state index is 0. The Morgan fingerprint density at radius 1 is 0.667 bits per heavy atom. The maximum atomic E-state index is 2.12. The van der Waals surface area contributed by atoms with Crippen LogP contribution in [0.1, 0.15) is 0 Å². The van der Waals surface area contributed by atoms with Crippen LogP contribution in [0.2, 0.25) is 0 Å². The van der Waals surface area contributed by atoms with E-state index in [1.165, 1.54) is 11.1 Å². The molecule has 0 spiro atoms. The van der Waals surface area contributed by atoms with Crippen molar-refractivity contribution in [2.75, 3.05) is 0 Å². The van der Waals surface area contributed by atoms with Crippen molar-refractivity contribution in [3.63, 3.8) is 0 Å². The molecule has 2 N–H and O–H groups in total. The lowest BCUT2D eigenvalue weighted by Gasteiger charge is -1.97. The van der Waals surface area contributed by atoms with Gasteiger partial charge in [0.1, 0.15) is 14.1 Å². The third-order valence-corrected chi connectivity index (χ3v) is 2.29. The molecule has 0 saturated heterocycles. The molecule has 0 aromatic carbocycles. The van der Waals surface area contributed by atoms with E-state index in [0.717, 1.165) is 0 Å². The van der Waals surface area contributed by atoms with Crippen molar-refractivity contribution in [1.29, 1.82) is 0 Å². The van der Waals surface area contributed by atoms with Gasteiger partial charge >= 0.3 is 0 Å². The molecule has 2 heterocycles. The molecule has 0 amide bonds. The van der Waals surface area contributed by atoms with Crippen LogP contribution in [0, 0.1) is 0 Å². The van der Waals surface area contributed by atoms with Crippen molar-refractivity contribution in [2.45, 2.75) is 0 Å². The van der Waals surface area contributed by atoms with Crippen LogP contribution in [0.15, 0.2) is 49.1 Å². The molecule has 15 heavy (non-hydrogen) atoms. The molecule has 0 saturated carbocycles. The molecule has 3 heteroatoms. The summed E-state index contributed by atoms with van der Waals surface area (Å²) in [6, 6.07) is 8.48. The van der Waals surface area contributed by atoms with Gasteiger partial charge in [-0.05, 0) is 11.1 Å². The first-order valence-corrected chi connectivity index (χ1v) is 4.67. The maximum absolute atomic E-state index is 2.12. The zero-order chi connectivity index (χ0) is 9.97. The smallest absolute Gasteiger partial charge is 0.169 e. The fraction of sp³-hybridized carbons (Fsp3) is 0.167. The zero-order valence-electron chi connectivity index (χ0n) is 9.01. The number of aryl methyl sites for hydroxylation is 2. The van der Waals surface area contributed by atoms with E-state index in [9.17, 15) is 0 Å². The number of hydrogen-bond acceptors (Lipinski definition) is 0. The highest BCUT2D eigenvalue weighted by Gasteiger charge is 2.00. The summed E-state index contributed by atoms with van der Waals surface area (Å²) in [5.74, 6) is 0. The van der Waals surface area contributed by atoms with E-state index in [2.05, 4.69) is 49.1 Å². The first kappa shape index (κ1) is 11.3. The van der Waals surface area contributed by atoms with Gasteiger partial charge in [0.25, 0.3) is 0 Å². The molecule has 0 aliphatic rings. The Kier molecular flexibility index (Phi) is 3.52. The molecule has 0 unspecified atom stereocenters. The molecule has 0 fully saturated rings. The second-order valence-electron chi connectivity index (χ2n) is 3.50. The minimum atomic E-state index is 0. The van der Waals surface area contributed by atoms with Crippen LogP contribution in [0.25, 0.3) is 11.1 Å². The number of nitrogens with zero attached hydrogens (tertiary/aromatic N) is 2. The lowest BCUT2D eigenvalue weighted by atomic mass is 10.1. The van der Waals surface area contributed by atoms with Gasteiger partial charge in [0.05, 0.1) is 0 Å². The van der Waals surface area contributed by atoms with Crippen LogP contribution < -0.4 is 9.13 Å². The molecule has 0 radical (unpaired) electrons. The van der Waals surface area contributed by atoms with Gasteiger partial charge in [0.15, 0.2) is 24.8 Å². The number of pyridine rings is 2. The molecule has 2 aromatic heterocycles. The van der Waals surface area contributed by atoms with E-state index in [-0.39, 0.29) is 5.48 Å². The summed E-state index contributed by atoms with van der Waals surface area (Å²) in [7, 11) is 4.05. The molecular formula is C12H16N2O+2. The topological polar surface area (TPSA) is 39.3 Å². The second kappa shape index (κ2) is 4.66. The van der Waals surface area contributed by atoms with E-state index in [0.29, 0.717) is 0 Å². The highest BCUT2D eigenvalue weighted by atomic mass is 16.0. The van der Waals surface area contributed by atoms with Crippen LogP contribution in [0.4, 0.5) is 0 Å². The van der Waals surface area contributed by atoms with Gasteiger partial charge in [0.2, 0.25) is 0 Å². The molecule has 0 bridgehead atoms. The molecule has 0 atom stereocenters. The summed E-state index contributed by atoms with van der Waals surface area (Å²) in [6.45, 7) is 0. The zero-order valence-corrected chi connectivity index (χ0v) is 9.01. The van der Waals surface area contributed by atoms with E-state index in [1.807, 2.05) is 23.2 Å². The Morgan fingerprint density at radius 3 is 1.20 bits per heavy atom. The normalized spacial score (nSPS) is 9.47. The van der Waals surface area contributed by atoms with E-state index in [1.54, 1.807) is 0 Å². The Hall–Kier alpha value is -1.74. The monoisotopic (exact) mass is 204 g/mol. The van der Waals surface area contributed by atoms with Gasteiger partial charge in [-0.3, -0.25) is 0 Å². The average molecular weight is 204 g/mol. The van der Waals surface area contributed by atoms with Crippen LogP contribution >= 0.6 is 0 Å². The van der Waals surface area contributed by atoms with Crippen LogP contribution in [0.5, 0.6) is 0 Å². The molecule has 0 aliphatic heterocycles. The Bertz CT molecular complexity index is 377. The second-order valence-corrected chi connectivity index (χ2v) is 3.50. The highest BCUT2D eigenvalue weighted by molar-refractivity contribution is 5.60. The van der Waals surface area contributed by atoms with E-state index >= 15 is 0 Å². The summed E-state index contributed by atoms with van der Waals surface area (Å²) in [5.41, 5.74) is 2.51. The molecule has 3 nitrogen and oxygen atoms in total. The third-order valence-electron chi connectivity index (χ3n) is 2.29. The first-order valence-electron chi connectivity index (χ1n) is 4.67. The number of hydrogen-bond donors (Lipinski definition) is 0. The Morgan fingerprint density at radius 2 is 0.933 bits per heavy atom. The van der Waals surface area contributed by atoms with Crippen molar-refractivity contribution in [1.82, 2.24) is 0 Å². The van der Waals surface area contributed by atoms with Gasteiger partial charge in [-0.2, -0.15) is 0 Å². The predicted molar refractivity (Wildman–Crippen MR) is 57.8 cm³/mol. The van der Waals surface area contributed by atoms with Gasteiger partial charge in [-0.1, -0.05) is 0 Å². The first-order chi connectivity index (χ1) is 6.75. The van der Waals surface area contributed by atoms with Crippen LogP contribution in [0.3, 0.4) is 0 Å². The molecule has 0 aliphatic carbocycles. The van der Waals surface area contributed by atoms with Crippen molar-refractivity contribution in [2.24, 2.45) is 14.1 Å². The van der Waals surface area contributed by atoms with Crippen LogP contribution in [-0.4, -0.2) is 5.48 Å². The van der Waals surface area contributed by atoms with E-state index < -0.39 is 0 Å². The van der Waals surface area contributed by atoms with E-state index in [4.69, 9.17) is 0 Å². The molecular weight excluding hydrogens is 188 g/mol. The van der Waals surface area contributed by atoms with Crippen LogP contribution in [-0.2, 0) is 14.1 Å². The molecule has 2 rings (SSSR count). The van der Waals surface area contributed by atoms with Crippen molar-refractivity contribution < 1.29 is 14.6 Å². The largest absolute Gasteiger partial charge is 0.412 e. The summed E-state index contributed by atoms with van der Waals surface area (Å²) >= 11 is 0. The predicted octanol–water partition coefficient (Wildman–Crippen LogP) is 0.178. The number of rotatable bonds is 1. The maximum Gasteiger partial charge on any atom is 0.169 e.